The maximum absolute atomic E-state index is 12.7. The minimum Gasteiger partial charge on any atom is -0.478 e. The van der Waals surface area contributed by atoms with Gasteiger partial charge in [0, 0.05) is 22.7 Å². The molecule has 0 spiro atoms. The molecule has 0 atom stereocenters. The van der Waals surface area contributed by atoms with E-state index in [9.17, 15) is 29.4 Å². The average molecular weight is 434 g/mol. The van der Waals surface area contributed by atoms with Crippen molar-refractivity contribution in [2.24, 2.45) is 0 Å². The van der Waals surface area contributed by atoms with Crippen molar-refractivity contribution >= 4 is 46.5 Å². The number of carbonyl (C=O) groups is 4. The fourth-order valence-corrected chi connectivity index (χ4v) is 2.86. The Bertz CT molecular complexity index is 1120. The van der Waals surface area contributed by atoms with E-state index in [1.54, 1.807) is 0 Å². The third kappa shape index (κ3) is 4.82. The Morgan fingerprint density at radius 2 is 0.875 bits per heavy atom. The molecule has 10 heteroatoms. The molecule has 2 amide bonds. The van der Waals surface area contributed by atoms with Gasteiger partial charge in [-0.25, -0.2) is 9.59 Å². The summed E-state index contributed by atoms with van der Waals surface area (Å²) < 4.78 is 0. The molecule has 0 aliphatic heterocycles. The molecule has 3 aromatic carbocycles. The van der Waals surface area contributed by atoms with Gasteiger partial charge < -0.3 is 32.3 Å². The number of anilines is 4. The highest BCUT2D eigenvalue weighted by atomic mass is 16.4. The molecule has 0 unspecified atom stereocenters. The van der Waals surface area contributed by atoms with E-state index in [0.717, 1.165) is 12.1 Å². The fourth-order valence-electron chi connectivity index (χ4n) is 2.86. The molecule has 0 saturated heterocycles. The van der Waals surface area contributed by atoms with E-state index < -0.39 is 46.0 Å². The zero-order chi connectivity index (χ0) is 23.4. The number of carboxylic acid groups (broad SMARTS) is 2. The van der Waals surface area contributed by atoms with E-state index in [1.807, 2.05) is 0 Å². The number of nitrogen functional groups attached to an aromatic ring is 2. The number of hydrogen-bond acceptors (Lipinski definition) is 6. The first-order valence-corrected chi connectivity index (χ1v) is 9.14. The van der Waals surface area contributed by atoms with Crippen molar-refractivity contribution in [3.8, 4) is 0 Å². The van der Waals surface area contributed by atoms with Crippen LogP contribution in [0.5, 0.6) is 0 Å². The number of carboxylic acids is 2. The van der Waals surface area contributed by atoms with Crippen LogP contribution in [0, 0.1) is 0 Å². The summed E-state index contributed by atoms with van der Waals surface area (Å²) in [5, 5.41) is 24.1. The largest absolute Gasteiger partial charge is 0.478 e. The number of nitrogens with one attached hydrogen (secondary N) is 2. The minimum absolute atomic E-state index is 0.322. The molecule has 3 rings (SSSR count). The summed E-state index contributed by atoms with van der Waals surface area (Å²) in [4.78, 5) is 49.0. The summed E-state index contributed by atoms with van der Waals surface area (Å²) in [6.45, 7) is 0. The van der Waals surface area contributed by atoms with Gasteiger partial charge in [0.2, 0.25) is 0 Å². The average Bonchev–Trinajstić information content (AvgIpc) is 2.75. The van der Waals surface area contributed by atoms with Gasteiger partial charge in [-0.3, -0.25) is 9.59 Å². The maximum Gasteiger partial charge on any atom is 0.336 e. The first kappa shape index (κ1) is 21.8. The lowest BCUT2D eigenvalue weighted by Gasteiger charge is -2.13. The molecule has 0 aromatic heterocycles. The van der Waals surface area contributed by atoms with Crippen LogP contribution in [-0.2, 0) is 0 Å². The Labute approximate surface area is 181 Å². The van der Waals surface area contributed by atoms with Crippen molar-refractivity contribution in [3.63, 3.8) is 0 Å². The number of rotatable bonds is 6. The molecule has 0 aliphatic carbocycles. The number of nitrogens with two attached hydrogens (primary N) is 2. The highest BCUT2D eigenvalue weighted by Crippen LogP contribution is 2.22. The van der Waals surface area contributed by atoms with Gasteiger partial charge in [0.05, 0.1) is 22.3 Å². The second-order valence-corrected chi connectivity index (χ2v) is 6.71. The van der Waals surface area contributed by atoms with Crippen molar-refractivity contribution < 1.29 is 29.4 Å². The van der Waals surface area contributed by atoms with Crippen LogP contribution < -0.4 is 22.1 Å². The minimum atomic E-state index is -1.51. The number of aromatic carboxylic acids is 2. The van der Waals surface area contributed by atoms with Crippen molar-refractivity contribution in [1.82, 2.24) is 0 Å². The zero-order valence-corrected chi connectivity index (χ0v) is 16.5. The lowest BCUT2D eigenvalue weighted by molar-refractivity contribution is 0.0677. The standard InChI is InChI=1S/C22H18N4O6/c23-11-1-5-13(6-2-11)25-19(27)15-9-18(22(31)32)16(10-17(15)21(29)30)20(28)26-14-7-3-12(24)4-8-14/h1-10H,23-24H2,(H,25,27)(H,26,28)(H,29,30)(H,31,32). The zero-order valence-electron chi connectivity index (χ0n) is 16.5. The predicted octanol–water partition coefficient (Wildman–Crippen LogP) is 2.75. The second kappa shape index (κ2) is 8.88. The monoisotopic (exact) mass is 434 g/mol. The van der Waals surface area contributed by atoms with Gasteiger partial charge in [0.15, 0.2) is 0 Å². The summed E-state index contributed by atoms with van der Waals surface area (Å²) in [5.74, 6) is -4.74. The van der Waals surface area contributed by atoms with E-state index in [-0.39, 0.29) is 0 Å². The normalized spacial score (nSPS) is 10.2. The van der Waals surface area contributed by atoms with Crippen molar-refractivity contribution in [2.75, 3.05) is 22.1 Å². The van der Waals surface area contributed by atoms with E-state index >= 15 is 0 Å². The maximum atomic E-state index is 12.7. The Morgan fingerprint density at radius 3 is 1.16 bits per heavy atom. The van der Waals surface area contributed by atoms with Crippen molar-refractivity contribution in [2.45, 2.75) is 0 Å². The first-order chi connectivity index (χ1) is 15.2. The Kier molecular flexibility index (Phi) is 6.06. The number of carbonyl (C=O) groups excluding carboxylic acids is 2. The lowest BCUT2D eigenvalue weighted by Crippen LogP contribution is -2.22. The molecule has 162 valence electrons. The third-order valence-corrected chi connectivity index (χ3v) is 4.44. The highest BCUT2D eigenvalue weighted by Gasteiger charge is 2.26. The second-order valence-electron chi connectivity index (χ2n) is 6.71. The Balaban J connectivity index is 2.01. The van der Waals surface area contributed by atoms with Crippen LogP contribution >= 0.6 is 0 Å². The number of hydrogen-bond donors (Lipinski definition) is 6. The van der Waals surface area contributed by atoms with Crippen LogP contribution in [0.1, 0.15) is 41.4 Å². The van der Waals surface area contributed by atoms with E-state index in [4.69, 9.17) is 11.5 Å². The van der Waals surface area contributed by atoms with E-state index in [2.05, 4.69) is 10.6 Å². The van der Waals surface area contributed by atoms with Gasteiger partial charge in [-0.2, -0.15) is 0 Å². The van der Waals surface area contributed by atoms with Gasteiger partial charge in [0.25, 0.3) is 11.8 Å². The van der Waals surface area contributed by atoms with Crippen LogP contribution in [-0.4, -0.2) is 34.0 Å². The molecule has 10 nitrogen and oxygen atoms in total. The van der Waals surface area contributed by atoms with Crippen molar-refractivity contribution in [3.05, 3.63) is 82.9 Å². The first-order valence-electron chi connectivity index (χ1n) is 9.14. The molecule has 0 radical (unpaired) electrons. The van der Waals surface area contributed by atoms with Crippen LogP contribution in [0.3, 0.4) is 0 Å². The summed E-state index contributed by atoms with van der Waals surface area (Å²) >= 11 is 0. The van der Waals surface area contributed by atoms with Crippen molar-refractivity contribution in [1.29, 1.82) is 0 Å². The Hall–Kier alpha value is -4.86. The third-order valence-electron chi connectivity index (χ3n) is 4.44. The molecule has 3 aromatic rings. The Morgan fingerprint density at radius 1 is 0.562 bits per heavy atom. The molecular weight excluding hydrogens is 416 g/mol. The van der Waals surface area contributed by atoms with Gasteiger partial charge >= 0.3 is 11.9 Å². The molecule has 0 heterocycles. The molecular formula is C22H18N4O6. The molecule has 0 saturated carbocycles. The molecule has 32 heavy (non-hydrogen) atoms. The fraction of sp³-hybridized carbons (Fsp3) is 0. The SMILES string of the molecule is Nc1ccc(NC(=O)c2cc(C(=O)O)c(C(=O)Nc3ccc(N)cc3)cc2C(=O)O)cc1. The molecule has 0 aliphatic rings. The lowest BCUT2D eigenvalue weighted by atomic mass is 9.96. The quantitative estimate of drug-likeness (QED) is 0.320. The van der Waals surface area contributed by atoms with Crippen LogP contribution in [0.15, 0.2) is 60.7 Å². The summed E-state index contributed by atoms with van der Waals surface area (Å²) in [5.41, 5.74) is 10.8. The van der Waals surface area contributed by atoms with Crippen LogP contribution in [0.4, 0.5) is 22.7 Å². The van der Waals surface area contributed by atoms with Gasteiger partial charge in [-0.05, 0) is 60.7 Å². The van der Waals surface area contributed by atoms with Crippen LogP contribution in [0.2, 0.25) is 0 Å². The smallest absolute Gasteiger partial charge is 0.336 e. The number of benzene rings is 3. The summed E-state index contributed by atoms with van der Waals surface area (Å²) in [6, 6.07) is 13.8. The highest BCUT2D eigenvalue weighted by molar-refractivity contribution is 6.16. The summed E-state index contributed by atoms with van der Waals surface area (Å²) in [6.07, 6.45) is 0. The molecule has 0 bridgehead atoms. The van der Waals surface area contributed by atoms with Gasteiger partial charge in [-0.1, -0.05) is 0 Å². The molecule has 0 fully saturated rings. The van der Waals surface area contributed by atoms with Crippen LogP contribution in [0.25, 0.3) is 0 Å². The number of amides is 2. The molecule has 8 N–H and O–H groups in total. The topological polar surface area (TPSA) is 185 Å². The summed E-state index contributed by atoms with van der Waals surface area (Å²) in [7, 11) is 0. The van der Waals surface area contributed by atoms with E-state index in [1.165, 1.54) is 48.5 Å². The predicted molar refractivity (Wildman–Crippen MR) is 118 cm³/mol. The van der Waals surface area contributed by atoms with E-state index in [0.29, 0.717) is 22.7 Å². The van der Waals surface area contributed by atoms with Gasteiger partial charge in [-0.15, -0.1) is 0 Å². The van der Waals surface area contributed by atoms with Gasteiger partial charge in [0.1, 0.15) is 0 Å².